The van der Waals surface area contributed by atoms with Gasteiger partial charge in [-0.3, -0.25) is 4.79 Å². The number of hydrogen-bond donors (Lipinski definition) is 1. The van der Waals surface area contributed by atoms with Crippen molar-refractivity contribution >= 4 is 17.1 Å². The van der Waals surface area contributed by atoms with E-state index in [2.05, 4.69) is 17.2 Å². The third-order valence-electron chi connectivity index (χ3n) is 3.78. The van der Waals surface area contributed by atoms with Gasteiger partial charge in [0.15, 0.2) is 5.78 Å². The van der Waals surface area contributed by atoms with Crippen LogP contribution in [-0.2, 0) is 0 Å². The molecule has 100 valence electrons. The van der Waals surface area contributed by atoms with E-state index in [9.17, 15) is 4.79 Å². The summed E-state index contributed by atoms with van der Waals surface area (Å²) < 4.78 is 0. The van der Waals surface area contributed by atoms with Crippen molar-refractivity contribution in [1.29, 1.82) is 0 Å². The summed E-state index contributed by atoms with van der Waals surface area (Å²) in [5.74, 6) is 0.980. The van der Waals surface area contributed by atoms with Gasteiger partial charge in [0.2, 0.25) is 0 Å². The van der Waals surface area contributed by atoms with Crippen LogP contribution in [0.2, 0.25) is 0 Å². The summed E-state index contributed by atoms with van der Waals surface area (Å²) in [6, 6.07) is 0.345. The highest BCUT2D eigenvalue weighted by Crippen LogP contribution is 2.23. The fourth-order valence-corrected chi connectivity index (χ4v) is 3.57. The van der Waals surface area contributed by atoms with Crippen LogP contribution < -0.4 is 5.32 Å². The van der Waals surface area contributed by atoms with E-state index in [0.717, 1.165) is 28.8 Å². The van der Waals surface area contributed by atoms with Crippen molar-refractivity contribution < 1.29 is 4.79 Å². The molecule has 3 nitrogen and oxygen atoms in total. The minimum Gasteiger partial charge on any atom is -0.314 e. The van der Waals surface area contributed by atoms with E-state index in [0.29, 0.717) is 18.2 Å². The molecule has 0 bridgehead atoms. The largest absolute Gasteiger partial charge is 0.314 e. The van der Waals surface area contributed by atoms with Gasteiger partial charge < -0.3 is 5.32 Å². The number of thiazole rings is 1. The van der Waals surface area contributed by atoms with E-state index in [-0.39, 0.29) is 5.78 Å². The zero-order chi connectivity index (χ0) is 13.1. The summed E-state index contributed by atoms with van der Waals surface area (Å²) in [6.45, 7) is 7.23. The number of carbonyl (C=O) groups excluding carboxylic acids is 1. The van der Waals surface area contributed by atoms with E-state index in [1.807, 2.05) is 13.8 Å². The molecule has 4 heteroatoms. The first kappa shape index (κ1) is 13.7. The van der Waals surface area contributed by atoms with E-state index in [4.69, 9.17) is 0 Å². The number of aryl methyl sites for hydroxylation is 2. The number of carbonyl (C=O) groups is 1. The first-order chi connectivity index (χ1) is 8.60. The molecule has 0 aliphatic carbocycles. The summed E-state index contributed by atoms with van der Waals surface area (Å²) in [4.78, 5) is 17.7. The fourth-order valence-electron chi connectivity index (χ4n) is 2.73. The summed E-state index contributed by atoms with van der Waals surface area (Å²) in [5.41, 5.74) is 0.693. The Labute approximate surface area is 113 Å². The molecule has 1 N–H and O–H groups in total. The Bertz CT molecular complexity index is 427. The average molecular weight is 266 g/mol. The molecule has 0 amide bonds. The highest BCUT2D eigenvalue weighted by atomic mass is 32.1. The van der Waals surface area contributed by atoms with Crippen LogP contribution >= 0.6 is 11.3 Å². The van der Waals surface area contributed by atoms with Crippen molar-refractivity contribution in [3.8, 4) is 0 Å². The normalized spacial score (nSPS) is 24.2. The van der Waals surface area contributed by atoms with Crippen molar-refractivity contribution in [2.45, 2.75) is 52.5 Å². The molecule has 2 heterocycles. The lowest BCUT2D eigenvalue weighted by Crippen LogP contribution is -2.39. The van der Waals surface area contributed by atoms with E-state index >= 15 is 0 Å². The van der Waals surface area contributed by atoms with Crippen molar-refractivity contribution in [1.82, 2.24) is 10.3 Å². The van der Waals surface area contributed by atoms with Crippen LogP contribution in [0.15, 0.2) is 0 Å². The average Bonchev–Trinajstić information content (AvgIpc) is 2.69. The molecule has 2 atom stereocenters. The van der Waals surface area contributed by atoms with Crippen LogP contribution in [0.4, 0.5) is 0 Å². The predicted molar refractivity (Wildman–Crippen MR) is 75.3 cm³/mol. The maximum atomic E-state index is 12.2. The molecular formula is C14H22N2OS. The second kappa shape index (κ2) is 5.93. The first-order valence-electron chi connectivity index (χ1n) is 6.80. The zero-order valence-electron chi connectivity index (χ0n) is 11.5. The number of aromatic nitrogens is 1. The number of nitrogens with one attached hydrogen (secondary N) is 1. The number of nitrogens with zero attached hydrogens (tertiary/aromatic N) is 1. The maximum Gasteiger partial charge on any atom is 0.183 e. The second-order valence-corrected chi connectivity index (χ2v) is 6.62. The van der Waals surface area contributed by atoms with Gasteiger partial charge in [-0.15, -0.1) is 11.3 Å². The Balaban J connectivity index is 1.97. The Hall–Kier alpha value is -0.740. The van der Waals surface area contributed by atoms with Crippen molar-refractivity contribution in [2.75, 3.05) is 6.54 Å². The van der Waals surface area contributed by atoms with Gasteiger partial charge in [-0.1, -0.05) is 13.3 Å². The van der Waals surface area contributed by atoms with Gasteiger partial charge in [0.05, 0.1) is 5.01 Å². The molecule has 18 heavy (non-hydrogen) atoms. The lowest BCUT2D eigenvalue weighted by molar-refractivity contribution is 0.0952. The van der Waals surface area contributed by atoms with Crippen molar-refractivity contribution in [2.24, 2.45) is 5.92 Å². The molecule has 2 rings (SSSR count). The number of rotatable bonds is 4. The SMILES string of the molecule is CCC1CCNC(CC(=O)c2nc(C)sc2C)C1. The molecule has 2 unspecified atom stereocenters. The third-order valence-corrected chi connectivity index (χ3v) is 4.67. The zero-order valence-corrected chi connectivity index (χ0v) is 12.3. The van der Waals surface area contributed by atoms with Crippen molar-refractivity contribution in [3.63, 3.8) is 0 Å². The quantitative estimate of drug-likeness (QED) is 0.851. The topological polar surface area (TPSA) is 42.0 Å². The van der Waals surface area contributed by atoms with Crippen LogP contribution in [0.25, 0.3) is 0 Å². The molecule has 0 spiro atoms. The van der Waals surface area contributed by atoms with E-state index < -0.39 is 0 Å². The lowest BCUT2D eigenvalue weighted by atomic mass is 9.88. The van der Waals surface area contributed by atoms with Gasteiger partial charge in [0.1, 0.15) is 5.69 Å². The Morgan fingerprint density at radius 3 is 2.89 bits per heavy atom. The monoisotopic (exact) mass is 266 g/mol. The Kier molecular flexibility index (Phi) is 4.51. The summed E-state index contributed by atoms with van der Waals surface area (Å²) in [6.07, 6.45) is 4.20. The van der Waals surface area contributed by atoms with Crippen molar-refractivity contribution in [3.05, 3.63) is 15.6 Å². The van der Waals surface area contributed by atoms with Crippen LogP contribution in [0.5, 0.6) is 0 Å². The summed E-state index contributed by atoms with van der Waals surface area (Å²) in [5, 5.41) is 4.45. The Morgan fingerprint density at radius 2 is 2.28 bits per heavy atom. The minimum atomic E-state index is 0.200. The van der Waals surface area contributed by atoms with E-state index in [1.165, 1.54) is 12.8 Å². The molecule has 0 aromatic carbocycles. The third kappa shape index (κ3) is 3.18. The summed E-state index contributed by atoms with van der Waals surface area (Å²) in [7, 11) is 0. The highest BCUT2D eigenvalue weighted by Gasteiger charge is 2.24. The first-order valence-corrected chi connectivity index (χ1v) is 7.62. The van der Waals surface area contributed by atoms with Gasteiger partial charge >= 0.3 is 0 Å². The van der Waals surface area contributed by atoms with Gasteiger partial charge in [0, 0.05) is 17.3 Å². The number of hydrogen-bond acceptors (Lipinski definition) is 4. The predicted octanol–water partition coefficient (Wildman–Crippen LogP) is 3.11. The van der Waals surface area contributed by atoms with Crippen LogP contribution in [0.1, 0.15) is 53.0 Å². The van der Waals surface area contributed by atoms with E-state index in [1.54, 1.807) is 11.3 Å². The molecule has 1 aromatic rings. The number of piperidine rings is 1. The van der Waals surface area contributed by atoms with Crippen LogP contribution in [0.3, 0.4) is 0 Å². The highest BCUT2D eigenvalue weighted by molar-refractivity contribution is 7.11. The molecule has 1 aromatic heterocycles. The number of Topliss-reactive ketones (excluding diaryl/α,β-unsaturated/α-hetero) is 1. The van der Waals surface area contributed by atoms with Gasteiger partial charge in [-0.25, -0.2) is 4.98 Å². The smallest absolute Gasteiger partial charge is 0.183 e. The second-order valence-electron chi connectivity index (χ2n) is 5.21. The van der Waals surface area contributed by atoms with Gasteiger partial charge in [0.25, 0.3) is 0 Å². The standard InChI is InChI=1S/C14H22N2OS/c1-4-11-5-6-15-12(7-11)8-13(17)14-9(2)18-10(3)16-14/h11-12,15H,4-8H2,1-3H3. The molecule has 0 radical (unpaired) electrons. The Morgan fingerprint density at radius 1 is 1.50 bits per heavy atom. The number of ketones is 1. The molecule has 1 saturated heterocycles. The molecular weight excluding hydrogens is 244 g/mol. The summed E-state index contributed by atoms with van der Waals surface area (Å²) >= 11 is 1.61. The maximum absolute atomic E-state index is 12.2. The fraction of sp³-hybridized carbons (Fsp3) is 0.714. The van der Waals surface area contributed by atoms with Gasteiger partial charge in [-0.2, -0.15) is 0 Å². The molecule has 0 saturated carbocycles. The molecule has 1 aliphatic rings. The van der Waals surface area contributed by atoms with Crippen LogP contribution in [-0.4, -0.2) is 23.4 Å². The lowest BCUT2D eigenvalue weighted by Gasteiger charge is -2.29. The molecule has 1 fully saturated rings. The van der Waals surface area contributed by atoms with Crippen LogP contribution in [0, 0.1) is 19.8 Å². The minimum absolute atomic E-state index is 0.200. The van der Waals surface area contributed by atoms with Gasteiger partial charge in [-0.05, 0) is 39.2 Å². The molecule has 1 aliphatic heterocycles.